The lowest BCUT2D eigenvalue weighted by molar-refractivity contribution is 0.204. The maximum Gasteiger partial charge on any atom is 0.322 e. The largest absolute Gasteiger partial charge is 0.340 e. The van der Waals surface area contributed by atoms with Gasteiger partial charge < -0.3 is 14.7 Å². The zero-order valence-electron chi connectivity index (χ0n) is 13.7. The van der Waals surface area contributed by atoms with E-state index in [1.165, 1.54) is 0 Å². The van der Waals surface area contributed by atoms with Gasteiger partial charge in [0.25, 0.3) is 0 Å². The minimum atomic E-state index is -0.180. The zero-order chi connectivity index (χ0) is 17.2. The van der Waals surface area contributed by atoms with Crippen LogP contribution in [0.15, 0.2) is 41.2 Å². The molecule has 1 aliphatic heterocycles. The van der Waals surface area contributed by atoms with Crippen molar-refractivity contribution in [3.8, 4) is 5.69 Å². The molecule has 2 aromatic heterocycles. The molecular formula is C16H17N7O2. The third-order valence-corrected chi connectivity index (χ3v) is 4.14. The molecule has 25 heavy (non-hydrogen) atoms. The van der Waals surface area contributed by atoms with Gasteiger partial charge >= 0.3 is 6.03 Å². The smallest absolute Gasteiger partial charge is 0.322 e. The van der Waals surface area contributed by atoms with Gasteiger partial charge in [-0.3, -0.25) is 0 Å². The number of hydrogen-bond donors (Lipinski definition) is 1. The number of amides is 2. The fraction of sp³-hybridized carbons (Fsp3) is 0.312. The number of aromatic nitrogens is 5. The standard InChI is InChI=1S/C16H17N7O2/c1-11-18-15(20-25-11)14-6-3-8-22(14)16(24)19-12-4-2-5-13(10-12)23-9-7-17-21-23/h2,4-5,7,9-10,14H,3,6,8H2,1H3,(H,19,24)/t14-/m0/s1. The topological polar surface area (TPSA) is 102 Å². The number of rotatable bonds is 3. The first-order chi connectivity index (χ1) is 12.2. The molecule has 128 valence electrons. The fourth-order valence-corrected chi connectivity index (χ4v) is 3.00. The molecular weight excluding hydrogens is 322 g/mol. The number of hydrogen-bond acceptors (Lipinski definition) is 6. The third-order valence-electron chi connectivity index (χ3n) is 4.14. The summed E-state index contributed by atoms with van der Waals surface area (Å²) in [4.78, 5) is 18.7. The molecule has 1 N–H and O–H groups in total. The Labute approximate surface area is 143 Å². The first kappa shape index (κ1) is 15.3. The quantitative estimate of drug-likeness (QED) is 0.786. The molecule has 1 fully saturated rings. The van der Waals surface area contributed by atoms with Crippen LogP contribution < -0.4 is 5.32 Å². The van der Waals surface area contributed by atoms with Crippen molar-refractivity contribution in [1.82, 2.24) is 30.0 Å². The highest BCUT2D eigenvalue weighted by Crippen LogP contribution is 2.30. The van der Waals surface area contributed by atoms with Crippen LogP contribution in [0.4, 0.5) is 10.5 Å². The molecule has 3 heterocycles. The van der Waals surface area contributed by atoms with Gasteiger partial charge in [0.1, 0.15) is 0 Å². The van der Waals surface area contributed by atoms with Crippen LogP contribution in [0.25, 0.3) is 5.69 Å². The van der Waals surface area contributed by atoms with Crippen molar-refractivity contribution in [2.75, 3.05) is 11.9 Å². The van der Waals surface area contributed by atoms with Gasteiger partial charge in [-0.2, -0.15) is 4.98 Å². The first-order valence-electron chi connectivity index (χ1n) is 8.05. The van der Waals surface area contributed by atoms with E-state index in [1.807, 2.05) is 24.3 Å². The molecule has 9 nitrogen and oxygen atoms in total. The Morgan fingerprint density at radius 3 is 3.08 bits per heavy atom. The Kier molecular flexibility index (Phi) is 3.88. The van der Waals surface area contributed by atoms with Crippen molar-refractivity contribution in [2.45, 2.75) is 25.8 Å². The first-order valence-corrected chi connectivity index (χ1v) is 8.05. The lowest BCUT2D eigenvalue weighted by atomic mass is 10.2. The van der Waals surface area contributed by atoms with Crippen molar-refractivity contribution in [1.29, 1.82) is 0 Å². The number of nitrogens with zero attached hydrogens (tertiary/aromatic N) is 6. The summed E-state index contributed by atoms with van der Waals surface area (Å²) in [7, 11) is 0. The molecule has 0 bridgehead atoms. The van der Waals surface area contributed by atoms with E-state index in [4.69, 9.17) is 4.52 Å². The zero-order valence-corrected chi connectivity index (χ0v) is 13.7. The summed E-state index contributed by atoms with van der Waals surface area (Å²) >= 11 is 0. The number of urea groups is 1. The number of carbonyl (C=O) groups excluding carboxylic acids is 1. The number of anilines is 1. The summed E-state index contributed by atoms with van der Waals surface area (Å²) in [5.74, 6) is 1.06. The molecule has 0 aliphatic carbocycles. The molecule has 1 aliphatic rings. The van der Waals surface area contributed by atoms with Crippen LogP contribution in [0.3, 0.4) is 0 Å². The second kappa shape index (κ2) is 6.34. The molecule has 0 radical (unpaired) electrons. The number of likely N-dealkylation sites (tertiary alicyclic amines) is 1. The van der Waals surface area contributed by atoms with Crippen LogP contribution in [-0.4, -0.2) is 42.6 Å². The maximum absolute atomic E-state index is 12.7. The number of nitrogens with one attached hydrogen (secondary N) is 1. The SMILES string of the molecule is Cc1nc([C@@H]2CCCN2C(=O)Nc2cccc(-n3ccnn3)c2)no1. The second-order valence-corrected chi connectivity index (χ2v) is 5.85. The monoisotopic (exact) mass is 339 g/mol. The number of aryl methyl sites for hydroxylation is 1. The van der Waals surface area contributed by atoms with Gasteiger partial charge in [0.05, 0.1) is 24.1 Å². The summed E-state index contributed by atoms with van der Waals surface area (Å²) in [5.41, 5.74) is 1.51. The van der Waals surface area contributed by atoms with Gasteiger partial charge in [-0.05, 0) is 31.0 Å². The highest BCUT2D eigenvalue weighted by molar-refractivity contribution is 5.90. The van der Waals surface area contributed by atoms with E-state index in [1.54, 1.807) is 28.9 Å². The molecule has 9 heteroatoms. The highest BCUT2D eigenvalue weighted by Gasteiger charge is 2.33. The molecule has 0 unspecified atom stereocenters. The van der Waals surface area contributed by atoms with Gasteiger partial charge in [0, 0.05) is 19.2 Å². The number of carbonyl (C=O) groups is 1. The molecule has 0 saturated carbocycles. The summed E-state index contributed by atoms with van der Waals surface area (Å²) in [6.07, 6.45) is 5.08. The molecule has 1 atom stereocenters. The Hall–Kier alpha value is -3.23. The lowest BCUT2D eigenvalue weighted by Crippen LogP contribution is -2.34. The average Bonchev–Trinajstić information content (AvgIpc) is 3.36. The van der Waals surface area contributed by atoms with Crippen LogP contribution in [0.2, 0.25) is 0 Å². The van der Waals surface area contributed by atoms with Gasteiger partial charge in [-0.15, -0.1) is 5.10 Å². The van der Waals surface area contributed by atoms with Crippen LogP contribution in [-0.2, 0) is 0 Å². The van der Waals surface area contributed by atoms with Crippen LogP contribution in [0.1, 0.15) is 30.6 Å². The van der Waals surface area contributed by atoms with Gasteiger partial charge in [-0.25, -0.2) is 9.48 Å². The van der Waals surface area contributed by atoms with Crippen LogP contribution >= 0.6 is 0 Å². The summed E-state index contributed by atoms with van der Waals surface area (Å²) < 4.78 is 6.68. The predicted octanol–water partition coefficient (Wildman–Crippen LogP) is 2.33. The van der Waals surface area contributed by atoms with E-state index in [-0.39, 0.29) is 12.1 Å². The van der Waals surface area contributed by atoms with Gasteiger partial charge in [0.2, 0.25) is 5.89 Å². The number of benzene rings is 1. The normalized spacial score (nSPS) is 17.0. The second-order valence-electron chi connectivity index (χ2n) is 5.85. The van der Waals surface area contributed by atoms with E-state index in [9.17, 15) is 4.79 Å². The van der Waals surface area contributed by atoms with E-state index in [0.29, 0.717) is 23.9 Å². The minimum Gasteiger partial charge on any atom is -0.340 e. The Morgan fingerprint density at radius 2 is 2.32 bits per heavy atom. The maximum atomic E-state index is 12.7. The van der Waals surface area contributed by atoms with Crippen LogP contribution in [0, 0.1) is 6.92 Å². The van der Waals surface area contributed by atoms with Crippen molar-refractivity contribution < 1.29 is 9.32 Å². The van der Waals surface area contributed by atoms with E-state index in [2.05, 4.69) is 25.8 Å². The Bertz CT molecular complexity index is 874. The van der Waals surface area contributed by atoms with Crippen molar-refractivity contribution in [3.63, 3.8) is 0 Å². The van der Waals surface area contributed by atoms with Gasteiger partial charge in [0.15, 0.2) is 5.82 Å². The summed E-state index contributed by atoms with van der Waals surface area (Å²) in [6, 6.07) is 7.09. The fourth-order valence-electron chi connectivity index (χ4n) is 3.00. The van der Waals surface area contributed by atoms with E-state index in [0.717, 1.165) is 18.5 Å². The van der Waals surface area contributed by atoms with Crippen LogP contribution in [0.5, 0.6) is 0 Å². The average molecular weight is 339 g/mol. The molecule has 3 aromatic rings. The van der Waals surface area contributed by atoms with Crippen molar-refractivity contribution in [3.05, 3.63) is 48.4 Å². The predicted molar refractivity (Wildman–Crippen MR) is 88.1 cm³/mol. The van der Waals surface area contributed by atoms with Crippen molar-refractivity contribution in [2.24, 2.45) is 0 Å². The third kappa shape index (κ3) is 3.08. The Balaban J connectivity index is 1.51. The Morgan fingerprint density at radius 1 is 1.40 bits per heavy atom. The highest BCUT2D eigenvalue weighted by atomic mass is 16.5. The molecule has 2 amide bonds. The van der Waals surface area contributed by atoms with E-state index >= 15 is 0 Å². The van der Waals surface area contributed by atoms with Crippen molar-refractivity contribution >= 4 is 11.7 Å². The lowest BCUT2D eigenvalue weighted by Gasteiger charge is -2.22. The molecule has 4 rings (SSSR count). The summed E-state index contributed by atoms with van der Waals surface area (Å²) in [5, 5.41) is 14.6. The molecule has 1 aromatic carbocycles. The molecule has 0 spiro atoms. The van der Waals surface area contributed by atoms with E-state index < -0.39 is 0 Å². The minimum absolute atomic E-state index is 0.157. The van der Waals surface area contributed by atoms with Gasteiger partial charge in [-0.1, -0.05) is 16.4 Å². The summed E-state index contributed by atoms with van der Waals surface area (Å²) in [6.45, 7) is 2.40. The molecule has 1 saturated heterocycles.